The third kappa shape index (κ3) is 2.17. The lowest BCUT2D eigenvalue weighted by Crippen LogP contribution is -1.92. The highest BCUT2D eigenvalue weighted by molar-refractivity contribution is 14.1. The highest BCUT2D eigenvalue weighted by Crippen LogP contribution is 2.19. The fourth-order valence-corrected chi connectivity index (χ4v) is 1.76. The first-order valence-electron chi connectivity index (χ1n) is 3.07. The van der Waals surface area contributed by atoms with Crippen molar-refractivity contribution in [2.24, 2.45) is 0 Å². The summed E-state index contributed by atoms with van der Waals surface area (Å²) in [5.41, 5.74) is 0.590. The Morgan fingerprint density at radius 2 is 2.18 bits per heavy atom. The summed E-state index contributed by atoms with van der Waals surface area (Å²) in [6.07, 6.45) is 0. The molecule has 0 aliphatic rings. The van der Waals surface area contributed by atoms with E-state index in [0.717, 1.165) is 3.57 Å². The van der Waals surface area contributed by atoms with Gasteiger partial charge in [0.25, 0.3) is 0 Å². The van der Waals surface area contributed by atoms with E-state index in [4.69, 9.17) is 11.6 Å². The molecule has 11 heavy (non-hydrogen) atoms. The van der Waals surface area contributed by atoms with Gasteiger partial charge in [-0.1, -0.05) is 11.6 Å². The van der Waals surface area contributed by atoms with Crippen LogP contribution in [0.1, 0.15) is 17.3 Å². The summed E-state index contributed by atoms with van der Waals surface area (Å²) in [5.74, 6) is 0.00593. The van der Waals surface area contributed by atoms with Crippen LogP contribution in [0, 0.1) is 3.57 Å². The van der Waals surface area contributed by atoms with E-state index in [-0.39, 0.29) is 5.78 Å². The molecule has 1 rings (SSSR count). The van der Waals surface area contributed by atoms with Crippen molar-refractivity contribution < 1.29 is 4.79 Å². The number of hydrogen-bond donors (Lipinski definition) is 0. The van der Waals surface area contributed by atoms with Crippen LogP contribution in [0.4, 0.5) is 0 Å². The highest BCUT2D eigenvalue weighted by atomic mass is 127. The van der Waals surface area contributed by atoms with Gasteiger partial charge in [-0.3, -0.25) is 4.79 Å². The number of rotatable bonds is 1. The van der Waals surface area contributed by atoms with Crippen LogP contribution >= 0.6 is 34.2 Å². The molecule has 0 aliphatic heterocycles. The minimum absolute atomic E-state index is 0.00593. The fourth-order valence-electron chi connectivity index (χ4n) is 0.775. The summed E-state index contributed by atoms with van der Waals surface area (Å²) in [6, 6.07) is 5.38. The molecule has 0 atom stereocenters. The maximum absolute atomic E-state index is 10.9. The third-order valence-electron chi connectivity index (χ3n) is 1.31. The number of carbonyl (C=O) groups excluding carboxylic acids is 1. The molecule has 0 unspecified atom stereocenters. The van der Waals surface area contributed by atoms with Crippen LogP contribution in [-0.2, 0) is 0 Å². The Bertz CT molecular complexity index is 296. The monoisotopic (exact) mass is 280 g/mol. The summed E-state index contributed by atoms with van der Waals surface area (Å²) < 4.78 is 1.04. The minimum Gasteiger partial charge on any atom is -0.294 e. The van der Waals surface area contributed by atoms with E-state index in [1.807, 2.05) is 6.07 Å². The molecule has 58 valence electrons. The van der Waals surface area contributed by atoms with Crippen molar-refractivity contribution in [2.45, 2.75) is 6.92 Å². The van der Waals surface area contributed by atoms with E-state index in [1.54, 1.807) is 12.1 Å². The molecule has 0 saturated carbocycles. The summed E-state index contributed by atoms with van der Waals surface area (Å²) in [6.45, 7) is 1.51. The van der Waals surface area contributed by atoms with Crippen LogP contribution in [0.5, 0.6) is 0 Å². The van der Waals surface area contributed by atoms with E-state index < -0.39 is 0 Å². The van der Waals surface area contributed by atoms with Gasteiger partial charge in [0, 0.05) is 9.13 Å². The van der Waals surface area contributed by atoms with Gasteiger partial charge in [0.1, 0.15) is 0 Å². The van der Waals surface area contributed by atoms with Gasteiger partial charge in [-0.15, -0.1) is 0 Å². The van der Waals surface area contributed by atoms with Crippen molar-refractivity contribution >= 4 is 40.0 Å². The Labute approximate surface area is 83.9 Å². The molecule has 0 aromatic heterocycles. The molecule has 0 radical (unpaired) electrons. The zero-order valence-corrected chi connectivity index (χ0v) is 8.81. The van der Waals surface area contributed by atoms with Crippen molar-refractivity contribution in [1.82, 2.24) is 0 Å². The molecular formula is C8H6ClIO. The normalized spacial score (nSPS) is 9.73. The predicted octanol–water partition coefficient (Wildman–Crippen LogP) is 3.15. The van der Waals surface area contributed by atoms with E-state index in [0.29, 0.717) is 10.6 Å². The average molecular weight is 280 g/mol. The number of carbonyl (C=O) groups is 1. The van der Waals surface area contributed by atoms with Crippen LogP contribution < -0.4 is 0 Å². The molecule has 0 saturated heterocycles. The molecule has 0 bridgehead atoms. The molecule has 1 aromatic rings. The lowest BCUT2D eigenvalue weighted by atomic mass is 10.1. The van der Waals surface area contributed by atoms with Crippen LogP contribution in [-0.4, -0.2) is 5.78 Å². The second-order valence-electron chi connectivity index (χ2n) is 2.18. The molecule has 0 N–H and O–H groups in total. The summed E-state index contributed by atoms with van der Waals surface area (Å²) in [4.78, 5) is 10.9. The molecule has 0 heterocycles. The van der Waals surface area contributed by atoms with Crippen LogP contribution in [0.25, 0.3) is 0 Å². The van der Waals surface area contributed by atoms with Crippen molar-refractivity contribution in [3.63, 3.8) is 0 Å². The Morgan fingerprint density at radius 1 is 1.55 bits per heavy atom. The quantitative estimate of drug-likeness (QED) is 0.570. The zero-order valence-electron chi connectivity index (χ0n) is 5.90. The second-order valence-corrected chi connectivity index (χ2v) is 3.83. The number of ketones is 1. The molecule has 1 nitrogen and oxygen atoms in total. The van der Waals surface area contributed by atoms with Gasteiger partial charge in [-0.25, -0.2) is 0 Å². The average Bonchev–Trinajstić information content (AvgIpc) is 1.85. The Balaban J connectivity index is 3.20. The smallest absolute Gasteiger partial charge is 0.161 e. The van der Waals surface area contributed by atoms with Gasteiger partial charge in [0.05, 0.1) is 5.02 Å². The number of Topliss-reactive ketones (excluding diaryl/α,β-unsaturated/α-hetero) is 1. The summed E-state index contributed by atoms with van der Waals surface area (Å²) in [7, 11) is 0. The second kappa shape index (κ2) is 3.54. The van der Waals surface area contributed by atoms with Gasteiger partial charge >= 0.3 is 0 Å². The van der Waals surface area contributed by atoms with Crippen molar-refractivity contribution in [2.75, 3.05) is 0 Å². The SMILES string of the molecule is CC(=O)c1ccc(I)cc1Cl. The van der Waals surface area contributed by atoms with E-state index >= 15 is 0 Å². The zero-order chi connectivity index (χ0) is 8.43. The van der Waals surface area contributed by atoms with Crippen molar-refractivity contribution in [1.29, 1.82) is 0 Å². The Kier molecular flexibility index (Phi) is 2.90. The first-order chi connectivity index (χ1) is 5.11. The van der Waals surface area contributed by atoms with E-state index in [2.05, 4.69) is 22.6 Å². The first-order valence-corrected chi connectivity index (χ1v) is 4.53. The van der Waals surface area contributed by atoms with E-state index in [9.17, 15) is 4.79 Å². The van der Waals surface area contributed by atoms with Gasteiger partial charge < -0.3 is 0 Å². The molecule has 1 aromatic carbocycles. The number of halogens is 2. The van der Waals surface area contributed by atoms with Gasteiger partial charge in [0.15, 0.2) is 5.78 Å². The minimum atomic E-state index is 0.00593. The van der Waals surface area contributed by atoms with Crippen LogP contribution in [0.15, 0.2) is 18.2 Å². The van der Waals surface area contributed by atoms with Crippen LogP contribution in [0.3, 0.4) is 0 Å². The lowest BCUT2D eigenvalue weighted by Gasteiger charge is -1.98. The number of hydrogen-bond acceptors (Lipinski definition) is 1. The maximum atomic E-state index is 10.9. The van der Waals surface area contributed by atoms with E-state index in [1.165, 1.54) is 6.92 Å². The van der Waals surface area contributed by atoms with Crippen LogP contribution in [0.2, 0.25) is 5.02 Å². The Hall–Kier alpha value is -0.0900. The maximum Gasteiger partial charge on any atom is 0.161 e. The predicted molar refractivity (Wildman–Crippen MR) is 54.2 cm³/mol. The summed E-state index contributed by atoms with van der Waals surface area (Å²) >= 11 is 7.95. The molecule has 0 fully saturated rings. The highest BCUT2D eigenvalue weighted by Gasteiger charge is 2.04. The largest absolute Gasteiger partial charge is 0.294 e. The first kappa shape index (κ1) is 9.00. The molecule has 0 amide bonds. The van der Waals surface area contributed by atoms with Gasteiger partial charge in [-0.05, 0) is 47.7 Å². The lowest BCUT2D eigenvalue weighted by molar-refractivity contribution is 0.101. The van der Waals surface area contributed by atoms with Gasteiger partial charge in [0.2, 0.25) is 0 Å². The molecular weight excluding hydrogens is 274 g/mol. The van der Waals surface area contributed by atoms with Crippen molar-refractivity contribution in [3.8, 4) is 0 Å². The molecule has 0 spiro atoms. The molecule has 3 heteroatoms. The van der Waals surface area contributed by atoms with Gasteiger partial charge in [-0.2, -0.15) is 0 Å². The topological polar surface area (TPSA) is 17.1 Å². The Morgan fingerprint density at radius 3 is 2.64 bits per heavy atom. The third-order valence-corrected chi connectivity index (χ3v) is 2.29. The number of benzene rings is 1. The standard InChI is InChI=1S/C8H6ClIO/c1-5(11)7-3-2-6(10)4-8(7)9/h2-4H,1H3. The molecule has 0 aliphatic carbocycles. The fraction of sp³-hybridized carbons (Fsp3) is 0.125. The summed E-state index contributed by atoms with van der Waals surface area (Å²) in [5, 5.41) is 0.532. The van der Waals surface area contributed by atoms with Crippen molar-refractivity contribution in [3.05, 3.63) is 32.4 Å².